The first kappa shape index (κ1) is 32.0. The molecule has 0 aliphatic rings. The maximum absolute atomic E-state index is 12.8. The minimum atomic E-state index is -0.303. The normalized spacial score (nSPS) is 10.8. The Bertz CT molecular complexity index is 2220. The molecule has 0 fully saturated rings. The summed E-state index contributed by atoms with van der Waals surface area (Å²) in [6, 6.07) is 52.7. The van der Waals surface area contributed by atoms with E-state index < -0.39 is 0 Å². The van der Waals surface area contributed by atoms with Gasteiger partial charge in [0.15, 0.2) is 49.6 Å². The fraction of sp³-hybridized carbons (Fsp3) is 0. The standard InChI is InChI=1S/C45H34N6O/c52-45(46-39-11-15-43(16-12-39)50-31-23-37(24-32-50)35-19-27-48(28-20-35)41-7-3-1-4-8-41)47-40-13-17-44(18-14-40)51-33-25-38(26-34-51)36-21-29-49(30-22-36)42-9-5-2-6-10-42/h1-34H/q+2/p+2. The van der Waals surface area contributed by atoms with E-state index in [9.17, 15) is 4.79 Å². The molecular formula is C45H36N6O+4. The Morgan fingerprint density at radius 2 is 0.558 bits per heavy atom. The largest absolute Gasteiger partial charge is 0.323 e. The predicted octanol–water partition coefficient (Wildman–Crippen LogP) is 7.77. The number of para-hydroxylation sites is 2. The number of aromatic nitrogens is 4. The molecule has 8 aromatic rings. The lowest BCUT2D eigenvalue weighted by atomic mass is 10.1. The van der Waals surface area contributed by atoms with Crippen LogP contribution in [0.25, 0.3) is 45.0 Å². The van der Waals surface area contributed by atoms with Crippen molar-refractivity contribution >= 4 is 17.4 Å². The molecule has 7 heteroatoms. The summed E-state index contributed by atoms with van der Waals surface area (Å²) in [5.41, 5.74) is 10.2. The van der Waals surface area contributed by atoms with Crippen molar-refractivity contribution in [3.8, 4) is 45.0 Å². The summed E-state index contributed by atoms with van der Waals surface area (Å²) in [4.78, 5) is 12.8. The number of benzene rings is 4. The van der Waals surface area contributed by atoms with Crippen LogP contribution in [0.3, 0.4) is 0 Å². The quantitative estimate of drug-likeness (QED) is 0.159. The van der Waals surface area contributed by atoms with Gasteiger partial charge in [-0.1, -0.05) is 36.4 Å². The number of rotatable bonds is 8. The smallest absolute Gasteiger partial charge is 0.308 e. The molecule has 4 aromatic carbocycles. The molecule has 52 heavy (non-hydrogen) atoms. The lowest BCUT2D eigenvalue weighted by molar-refractivity contribution is -0.596. The number of hydrogen-bond acceptors (Lipinski definition) is 1. The zero-order chi connectivity index (χ0) is 35.1. The lowest BCUT2D eigenvalue weighted by Gasteiger charge is -2.08. The van der Waals surface area contributed by atoms with E-state index in [1.54, 1.807) is 0 Å². The van der Waals surface area contributed by atoms with Crippen molar-refractivity contribution in [2.45, 2.75) is 0 Å². The highest BCUT2D eigenvalue weighted by Crippen LogP contribution is 2.19. The highest BCUT2D eigenvalue weighted by atomic mass is 16.2. The SMILES string of the molecule is O=C(Nc1ccc(-[n+]2ccc(-c3cc[n+](-c4ccccc4)cc3)cc2)cc1)Nc1ccc(-[n+]2ccc(-c3cc[n+](-c4ccccc4)cc3)cc2)cc1. The molecule has 0 unspecified atom stereocenters. The van der Waals surface area contributed by atoms with Gasteiger partial charge in [-0.2, -0.15) is 18.3 Å². The molecule has 8 rings (SSSR count). The summed E-state index contributed by atoms with van der Waals surface area (Å²) >= 11 is 0. The molecular weight excluding hydrogens is 641 g/mol. The second kappa shape index (κ2) is 14.7. The number of nitrogens with one attached hydrogen (secondary N) is 2. The van der Waals surface area contributed by atoms with E-state index in [4.69, 9.17) is 0 Å². The van der Waals surface area contributed by atoms with Crippen molar-refractivity contribution in [2.24, 2.45) is 0 Å². The third-order valence-electron chi connectivity index (χ3n) is 8.94. The molecule has 0 atom stereocenters. The Labute approximate surface area is 302 Å². The van der Waals surface area contributed by atoms with Crippen molar-refractivity contribution in [1.82, 2.24) is 0 Å². The average Bonchev–Trinajstić information content (AvgIpc) is 3.22. The number of hydrogen-bond donors (Lipinski definition) is 2. The molecule has 0 radical (unpaired) electrons. The highest BCUT2D eigenvalue weighted by Gasteiger charge is 2.12. The second-order valence-corrected chi connectivity index (χ2v) is 12.3. The number of amides is 2. The van der Waals surface area contributed by atoms with Gasteiger partial charge in [-0.25, -0.2) is 4.79 Å². The van der Waals surface area contributed by atoms with Crippen LogP contribution in [0, 0.1) is 0 Å². The van der Waals surface area contributed by atoms with Crippen molar-refractivity contribution in [1.29, 1.82) is 0 Å². The van der Waals surface area contributed by atoms with Crippen LogP contribution in [0.1, 0.15) is 0 Å². The summed E-state index contributed by atoms with van der Waals surface area (Å²) in [7, 11) is 0. The molecule has 4 aromatic heterocycles. The zero-order valence-electron chi connectivity index (χ0n) is 28.3. The molecule has 7 nitrogen and oxygen atoms in total. The third-order valence-corrected chi connectivity index (χ3v) is 8.94. The molecule has 0 saturated heterocycles. The second-order valence-electron chi connectivity index (χ2n) is 12.3. The first-order chi connectivity index (χ1) is 25.6. The molecule has 2 amide bonds. The number of carbonyl (C=O) groups is 1. The maximum atomic E-state index is 12.8. The van der Waals surface area contributed by atoms with E-state index in [1.807, 2.05) is 110 Å². The van der Waals surface area contributed by atoms with Crippen LogP contribution in [0.5, 0.6) is 0 Å². The van der Waals surface area contributed by atoms with E-state index in [2.05, 4.69) is 126 Å². The number of anilines is 2. The summed E-state index contributed by atoms with van der Waals surface area (Å²) in [5, 5.41) is 5.86. The zero-order valence-corrected chi connectivity index (χ0v) is 28.3. The van der Waals surface area contributed by atoms with E-state index in [-0.39, 0.29) is 6.03 Å². The van der Waals surface area contributed by atoms with Gasteiger partial charge in [0, 0.05) is 108 Å². The van der Waals surface area contributed by atoms with Crippen LogP contribution in [0.2, 0.25) is 0 Å². The Morgan fingerprint density at radius 3 is 0.827 bits per heavy atom. The van der Waals surface area contributed by atoms with Crippen molar-refractivity contribution in [2.75, 3.05) is 10.6 Å². The Balaban J connectivity index is 0.846. The third kappa shape index (κ3) is 7.34. The summed E-state index contributed by atoms with van der Waals surface area (Å²) < 4.78 is 8.31. The first-order valence-electron chi connectivity index (χ1n) is 17.1. The number of carbonyl (C=O) groups excluding carboxylic acids is 1. The van der Waals surface area contributed by atoms with E-state index >= 15 is 0 Å². The Morgan fingerprint density at radius 1 is 0.308 bits per heavy atom. The van der Waals surface area contributed by atoms with Gasteiger partial charge in [0.2, 0.25) is 22.7 Å². The number of nitrogens with zero attached hydrogens (tertiary/aromatic N) is 4. The van der Waals surface area contributed by atoms with Gasteiger partial charge in [0.1, 0.15) is 0 Å². The first-order valence-corrected chi connectivity index (χ1v) is 17.1. The maximum Gasteiger partial charge on any atom is 0.323 e. The fourth-order valence-corrected chi connectivity index (χ4v) is 6.09. The van der Waals surface area contributed by atoms with Gasteiger partial charge in [0.25, 0.3) is 0 Å². The van der Waals surface area contributed by atoms with E-state index in [0.717, 1.165) is 45.0 Å². The number of pyridine rings is 4. The molecule has 4 heterocycles. The summed E-state index contributed by atoms with van der Waals surface area (Å²) in [5.74, 6) is 0. The van der Waals surface area contributed by atoms with Gasteiger partial charge >= 0.3 is 6.03 Å². The molecule has 0 bridgehead atoms. The lowest BCUT2D eigenvalue weighted by Crippen LogP contribution is -2.30. The minimum Gasteiger partial charge on any atom is -0.308 e. The van der Waals surface area contributed by atoms with Crippen LogP contribution in [0.15, 0.2) is 207 Å². The summed E-state index contributed by atoms with van der Waals surface area (Å²) in [6.45, 7) is 0. The van der Waals surface area contributed by atoms with Crippen molar-refractivity contribution < 1.29 is 23.1 Å². The van der Waals surface area contributed by atoms with Crippen molar-refractivity contribution in [3.63, 3.8) is 0 Å². The monoisotopic (exact) mass is 676 g/mol. The number of urea groups is 1. The van der Waals surface area contributed by atoms with Gasteiger partial charge in [-0.15, -0.1) is 0 Å². The molecule has 0 aliphatic carbocycles. The van der Waals surface area contributed by atoms with Gasteiger partial charge < -0.3 is 10.6 Å². The predicted molar refractivity (Wildman–Crippen MR) is 203 cm³/mol. The molecule has 0 aliphatic heterocycles. The molecule has 0 saturated carbocycles. The van der Waals surface area contributed by atoms with Gasteiger partial charge in [0.05, 0.1) is 0 Å². The Kier molecular flexibility index (Phi) is 9.04. The Hall–Kier alpha value is -7.25. The van der Waals surface area contributed by atoms with Crippen LogP contribution in [0.4, 0.5) is 16.2 Å². The molecule has 2 N–H and O–H groups in total. The van der Waals surface area contributed by atoms with Crippen LogP contribution in [-0.4, -0.2) is 6.03 Å². The molecule has 248 valence electrons. The van der Waals surface area contributed by atoms with E-state index in [1.165, 1.54) is 0 Å². The minimum absolute atomic E-state index is 0.303. The molecule has 0 spiro atoms. The topological polar surface area (TPSA) is 56.7 Å². The highest BCUT2D eigenvalue weighted by molar-refractivity contribution is 5.99. The summed E-state index contributed by atoms with van der Waals surface area (Å²) in [6.07, 6.45) is 16.5. The van der Waals surface area contributed by atoms with Crippen LogP contribution < -0.4 is 28.9 Å². The fourth-order valence-electron chi connectivity index (χ4n) is 6.09. The van der Waals surface area contributed by atoms with Gasteiger partial charge in [-0.05, 0) is 46.5 Å². The van der Waals surface area contributed by atoms with Crippen LogP contribution >= 0.6 is 0 Å². The van der Waals surface area contributed by atoms with Crippen LogP contribution in [-0.2, 0) is 0 Å². The average molecular weight is 677 g/mol. The van der Waals surface area contributed by atoms with E-state index in [0.29, 0.717) is 11.4 Å². The van der Waals surface area contributed by atoms with Crippen molar-refractivity contribution in [3.05, 3.63) is 207 Å². The van der Waals surface area contributed by atoms with Gasteiger partial charge in [-0.3, -0.25) is 0 Å².